The molecule has 5 heteroatoms. The molecule has 2 heterocycles. The fourth-order valence-corrected chi connectivity index (χ4v) is 2.50. The summed E-state index contributed by atoms with van der Waals surface area (Å²) in [6, 6.07) is 5.62. The molecule has 2 nitrogen and oxygen atoms in total. The smallest absolute Gasteiger partial charge is 0.264 e. The largest absolute Gasteiger partial charge is 0.416 e. The average molecular weight is 290 g/mol. The van der Waals surface area contributed by atoms with Crippen molar-refractivity contribution in [2.24, 2.45) is 4.99 Å². The zero-order valence-corrected chi connectivity index (χ0v) is 11.4. The van der Waals surface area contributed by atoms with Crippen LogP contribution in [0.4, 0.5) is 18.9 Å². The molecule has 3 rings (SSSR count). The van der Waals surface area contributed by atoms with Gasteiger partial charge in [0.05, 0.1) is 17.0 Å². The van der Waals surface area contributed by atoms with Crippen LogP contribution < -0.4 is 0 Å². The highest BCUT2D eigenvalue weighted by Gasteiger charge is 2.32. The van der Waals surface area contributed by atoms with E-state index in [1.807, 2.05) is 13.0 Å². The van der Waals surface area contributed by atoms with Gasteiger partial charge in [0.1, 0.15) is 0 Å². The molecule has 0 unspecified atom stereocenters. The molecule has 0 atom stereocenters. The Kier molecular flexibility index (Phi) is 3.27. The molecule has 1 aromatic heterocycles. The number of aliphatic imine (C=N–C) groups is 1. The summed E-state index contributed by atoms with van der Waals surface area (Å²) in [5.74, 6) is 0. The predicted octanol–water partition coefficient (Wildman–Crippen LogP) is 4.34. The highest BCUT2D eigenvalue weighted by atomic mass is 19.4. The van der Waals surface area contributed by atoms with E-state index >= 15 is 0 Å². The molecule has 2 aromatic rings. The minimum absolute atomic E-state index is 0.415. The van der Waals surface area contributed by atoms with Crippen molar-refractivity contribution in [3.8, 4) is 0 Å². The maximum atomic E-state index is 12.7. The second-order valence-corrected chi connectivity index (χ2v) is 4.96. The number of nitrogens with zero attached hydrogens (tertiary/aromatic N) is 2. The number of alkyl halides is 3. The van der Waals surface area contributed by atoms with E-state index in [1.165, 1.54) is 6.07 Å². The van der Waals surface area contributed by atoms with Crippen molar-refractivity contribution < 1.29 is 13.2 Å². The summed E-state index contributed by atoms with van der Waals surface area (Å²) >= 11 is 0. The molecule has 0 spiro atoms. The summed E-state index contributed by atoms with van der Waals surface area (Å²) in [5, 5.41) is 0. The van der Waals surface area contributed by atoms with Crippen molar-refractivity contribution in [2.75, 3.05) is 0 Å². The van der Waals surface area contributed by atoms with Crippen molar-refractivity contribution in [3.63, 3.8) is 0 Å². The summed E-state index contributed by atoms with van der Waals surface area (Å²) in [6.45, 7) is 2.02. The zero-order valence-electron chi connectivity index (χ0n) is 11.4. The van der Waals surface area contributed by atoms with Crippen molar-refractivity contribution in [1.82, 2.24) is 4.98 Å². The number of aromatic nitrogens is 1. The average Bonchev–Trinajstić information content (AvgIpc) is 2.89. The van der Waals surface area contributed by atoms with Gasteiger partial charge >= 0.3 is 6.18 Å². The molecule has 21 heavy (non-hydrogen) atoms. The number of hydrogen-bond donors (Lipinski definition) is 0. The molecular weight excluding hydrogens is 277 g/mol. The fourth-order valence-electron chi connectivity index (χ4n) is 2.50. The molecular formula is C16H13F3N2. The second-order valence-electron chi connectivity index (χ2n) is 4.96. The van der Waals surface area contributed by atoms with Crippen LogP contribution in [-0.4, -0.2) is 10.7 Å². The Morgan fingerprint density at radius 2 is 2.00 bits per heavy atom. The van der Waals surface area contributed by atoms with Crippen molar-refractivity contribution in [3.05, 3.63) is 58.9 Å². The molecule has 0 aliphatic carbocycles. The Bertz CT molecular complexity index is 718. The normalized spacial score (nSPS) is 14.0. The van der Waals surface area contributed by atoms with Crippen molar-refractivity contribution in [1.29, 1.82) is 0 Å². The number of hydrogen-bond acceptors (Lipinski definition) is 2. The van der Waals surface area contributed by atoms with Gasteiger partial charge in [-0.1, -0.05) is 13.0 Å². The van der Waals surface area contributed by atoms with E-state index in [4.69, 9.17) is 0 Å². The Labute approximate surface area is 120 Å². The minimum atomic E-state index is -4.33. The summed E-state index contributed by atoms with van der Waals surface area (Å²) < 4.78 is 38.2. The molecule has 0 amide bonds. The number of aryl methyl sites for hydroxylation is 1. The van der Waals surface area contributed by atoms with Crippen LogP contribution in [0, 0.1) is 0 Å². The van der Waals surface area contributed by atoms with E-state index < -0.39 is 11.7 Å². The van der Waals surface area contributed by atoms with Gasteiger partial charge in [-0.05, 0) is 35.7 Å². The Morgan fingerprint density at radius 3 is 2.71 bits per heavy atom. The number of pyridine rings is 1. The van der Waals surface area contributed by atoms with Gasteiger partial charge in [0.25, 0.3) is 0 Å². The predicted molar refractivity (Wildman–Crippen MR) is 75.0 cm³/mol. The standard InChI is InChI=1S/C16H13F3N2/c1-2-10-9-20-6-5-13(10)15-7-11-3-4-12(16(17,18)19)8-14(11)21-15/h3-6,8-9H,2,7H2,1H3. The van der Waals surface area contributed by atoms with Crippen LogP contribution in [0.15, 0.2) is 41.7 Å². The van der Waals surface area contributed by atoms with E-state index in [-0.39, 0.29) is 0 Å². The first-order chi connectivity index (χ1) is 9.99. The van der Waals surface area contributed by atoms with Gasteiger partial charge in [-0.25, -0.2) is 0 Å². The monoisotopic (exact) mass is 290 g/mol. The van der Waals surface area contributed by atoms with E-state index in [0.29, 0.717) is 12.1 Å². The van der Waals surface area contributed by atoms with E-state index in [1.54, 1.807) is 12.4 Å². The molecule has 108 valence electrons. The molecule has 1 aliphatic heterocycles. The lowest BCUT2D eigenvalue weighted by Crippen LogP contribution is -2.05. The van der Waals surface area contributed by atoms with Gasteiger partial charge in [-0.15, -0.1) is 0 Å². The molecule has 0 saturated heterocycles. The Hall–Kier alpha value is -2.17. The third kappa shape index (κ3) is 2.55. The van der Waals surface area contributed by atoms with Crippen LogP contribution in [0.3, 0.4) is 0 Å². The maximum Gasteiger partial charge on any atom is 0.416 e. The summed E-state index contributed by atoms with van der Waals surface area (Å²) in [4.78, 5) is 8.47. The first kappa shape index (κ1) is 13.8. The molecule has 0 radical (unpaired) electrons. The molecule has 0 bridgehead atoms. The summed E-state index contributed by atoms with van der Waals surface area (Å²) in [5.41, 5.74) is 3.42. The van der Waals surface area contributed by atoms with E-state index in [2.05, 4.69) is 9.98 Å². The van der Waals surface area contributed by atoms with Crippen LogP contribution in [0.5, 0.6) is 0 Å². The van der Waals surface area contributed by atoms with Gasteiger partial charge < -0.3 is 0 Å². The van der Waals surface area contributed by atoms with Crippen molar-refractivity contribution >= 4 is 11.4 Å². The lowest BCUT2D eigenvalue weighted by atomic mass is 9.99. The Balaban J connectivity index is 2.01. The fraction of sp³-hybridized carbons (Fsp3) is 0.250. The van der Waals surface area contributed by atoms with Gasteiger partial charge in [0, 0.05) is 24.4 Å². The second kappa shape index (κ2) is 4.98. The third-order valence-corrected chi connectivity index (χ3v) is 3.62. The van der Waals surface area contributed by atoms with E-state index in [0.717, 1.165) is 41.0 Å². The lowest BCUT2D eigenvalue weighted by molar-refractivity contribution is -0.137. The number of benzene rings is 1. The molecule has 0 saturated carbocycles. The molecule has 1 aliphatic rings. The van der Waals surface area contributed by atoms with Gasteiger partial charge in [-0.3, -0.25) is 9.98 Å². The zero-order chi connectivity index (χ0) is 15.0. The van der Waals surface area contributed by atoms with Crippen LogP contribution in [0.25, 0.3) is 0 Å². The number of fused-ring (bicyclic) bond motifs is 1. The molecule has 1 aromatic carbocycles. The first-order valence-corrected chi connectivity index (χ1v) is 6.70. The van der Waals surface area contributed by atoms with Crippen LogP contribution in [0.2, 0.25) is 0 Å². The highest BCUT2D eigenvalue weighted by molar-refractivity contribution is 6.07. The third-order valence-electron chi connectivity index (χ3n) is 3.62. The number of halogens is 3. The quantitative estimate of drug-likeness (QED) is 0.807. The summed E-state index contributed by atoms with van der Waals surface area (Å²) in [7, 11) is 0. The van der Waals surface area contributed by atoms with Gasteiger partial charge in [0.2, 0.25) is 0 Å². The SMILES string of the molecule is CCc1cnccc1C1=Nc2cc(C(F)(F)F)ccc2C1. The molecule has 0 N–H and O–H groups in total. The first-order valence-electron chi connectivity index (χ1n) is 6.70. The number of rotatable bonds is 2. The molecule has 0 fully saturated rings. The van der Waals surface area contributed by atoms with Crippen LogP contribution in [-0.2, 0) is 19.0 Å². The lowest BCUT2D eigenvalue weighted by Gasteiger charge is -2.07. The van der Waals surface area contributed by atoms with Gasteiger partial charge in [0.15, 0.2) is 0 Å². The van der Waals surface area contributed by atoms with Crippen molar-refractivity contribution in [2.45, 2.75) is 25.9 Å². The van der Waals surface area contributed by atoms with E-state index in [9.17, 15) is 13.2 Å². The van der Waals surface area contributed by atoms with Crippen LogP contribution in [0.1, 0.15) is 29.2 Å². The summed E-state index contributed by atoms with van der Waals surface area (Å²) in [6.07, 6.45) is 0.499. The minimum Gasteiger partial charge on any atom is -0.264 e. The highest BCUT2D eigenvalue weighted by Crippen LogP contribution is 2.36. The maximum absolute atomic E-state index is 12.7. The van der Waals surface area contributed by atoms with Crippen LogP contribution >= 0.6 is 0 Å². The topological polar surface area (TPSA) is 25.2 Å². The Morgan fingerprint density at radius 1 is 1.19 bits per heavy atom. The van der Waals surface area contributed by atoms with Gasteiger partial charge in [-0.2, -0.15) is 13.2 Å².